The molecule has 0 saturated carbocycles. The molecule has 0 aromatic heterocycles. The molecule has 1 aliphatic rings. The third kappa shape index (κ3) is 4.27. The molecule has 0 aliphatic carbocycles. The van der Waals surface area contributed by atoms with E-state index in [1.165, 1.54) is 32.0 Å². The summed E-state index contributed by atoms with van der Waals surface area (Å²) in [4.78, 5) is 23.5. The lowest BCUT2D eigenvalue weighted by Crippen LogP contribution is -2.25. The summed E-state index contributed by atoms with van der Waals surface area (Å²) in [5.41, 5.74) is 1.18. The minimum Gasteiger partial charge on any atom is -0.497 e. The molecule has 3 rings (SSSR count). The molecule has 0 fully saturated rings. The third-order valence-corrected chi connectivity index (χ3v) is 4.37. The van der Waals surface area contributed by atoms with E-state index < -0.39 is 12.2 Å². The van der Waals surface area contributed by atoms with Gasteiger partial charge in [0.2, 0.25) is 18.0 Å². The smallest absolute Gasteiger partial charge is 0.308 e. The standard InChI is InChI=1S/C20H19ClN2O6/c1-11(24)23-20(29-19(22-23)13-5-7-15(26-3)8-6-13)14-9-16(21)18(28-12(2)25)17(10-14)27-4/h5-10,20H,1-4H3/t20-/m0/s1. The second-order valence-electron chi connectivity index (χ2n) is 6.10. The molecule has 0 unspecified atom stereocenters. The zero-order chi connectivity index (χ0) is 21.1. The largest absolute Gasteiger partial charge is 0.497 e. The van der Waals surface area contributed by atoms with Gasteiger partial charge in [0.05, 0.1) is 19.2 Å². The number of nitrogens with zero attached hydrogens (tertiary/aromatic N) is 2. The Labute approximate surface area is 172 Å². The molecule has 0 bridgehead atoms. The van der Waals surface area contributed by atoms with Gasteiger partial charge in [-0.05, 0) is 36.4 Å². The topological polar surface area (TPSA) is 86.7 Å². The molecule has 29 heavy (non-hydrogen) atoms. The zero-order valence-corrected chi connectivity index (χ0v) is 17.0. The molecular weight excluding hydrogens is 400 g/mol. The number of benzene rings is 2. The summed E-state index contributed by atoms with van der Waals surface area (Å²) in [6.07, 6.45) is -0.859. The highest BCUT2D eigenvalue weighted by Crippen LogP contribution is 2.41. The lowest BCUT2D eigenvalue weighted by molar-refractivity contribution is -0.135. The maximum atomic E-state index is 12.1. The van der Waals surface area contributed by atoms with Crippen LogP contribution in [-0.2, 0) is 14.3 Å². The molecule has 2 aromatic rings. The molecule has 9 heteroatoms. The Balaban J connectivity index is 1.96. The first-order chi connectivity index (χ1) is 13.8. The highest BCUT2D eigenvalue weighted by molar-refractivity contribution is 6.32. The number of amides is 1. The molecular formula is C20H19ClN2O6. The fourth-order valence-electron chi connectivity index (χ4n) is 2.76. The second-order valence-corrected chi connectivity index (χ2v) is 6.50. The van der Waals surface area contributed by atoms with Crippen molar-refractivity contribution in [3.8, 4) is 17.2 Å². The van der Waals surface area contributed by atoms with Crippen LogP contribution in [0.4, 0.5) is 0 Å². The van der Waals surface area contributed by atoms with Crippen LogP contribution in [0.2, 0.25) is 5.02 Å². The first kappa shape index (κ1) is 20.5. The monoisotopic (exact) mass is 418 g/mol. The van der Waals surface area contributed by atoms with E-state index in [4.69, 9.17) is 30.5 Å². The van der Waals surface area contributed by atoms with E-state index in [2.05, 4.69) is 5.10 Å². The van der Waals surface area contributed by atoms with Crippen LogP contribution in [0.3, 0.4) is 0 Å². The fourth-order valence-corrected chi connectivity index (χ4v) is 3.02. The normalized spacial score (nSPS) is 15.4. The first-order valence-electron chi connectivity index (χ1n) is 8.59. The summed E-state index contributed by atoms with van der Waals surface area (Å²) >= 11 is 6.28. The lowest BCUT2D eigenvalue weighted by atomic mass is 10.1. The van der Waals surface area contributed by atoms with Crippen molar-refractivity contribution in [1.82, 2.24) is 5.01 Å². The average Bonchev–Trinajstić information content (AvgIpc) is 3.15. The number of hydrogen-bond acceptors (Lipinski definition) is 7. The number of methoxy groups -OCH3 is 2. The van der Waals surface area contributed by atoms with E-state index in [0.717, 1.165) is 0 Å². The Morgan fingerprint density at radius 3 is 2.34 bits per heavy atom. The second kappa shape index (κ2) is 8.40. The van der Waals surface area contributed by atoms with Crippen LogP contribution in [0.5, 0.6) is 17.2 Å². The van der Waals surface area contributed by atoms with Crippen molar-refractivity contribution < 1.29 is 28.5 Å². The number of halogens is 1. The summed E-state index contributed by atoms with van der Waals surface area (Å²) in [5.74, 6) is 0.418. The SMILES string of the molecule is COc1ccc(C2=NN(C(C)=O)[C@H](c3cc(Cl)c(OC(C)=O)c(OC)c3)O2)cc1. The molecule has 1 amide bonds. The minimum atomic E-state index is -0.859. The Morgan fingerprint density at radius 2 is 1.79 bits per heavy atom. The summed E-state index contributed by atoms with van der Waals surface area (Å²) in [7, 11) is 2.99. The molecule has 152 valence electrons. The van der Waals surface area contributed by atoms with Crippen LogP contribution >= 0.6 is 11.6 Å². The van der Waals surface area contributed by atoms with Crippen molar-refractivity contribution in [3.05, 3.63) is 52.5 Å². The molecule has 0 saturated heterocycles. The van der Waals surface area contributed by atoms with E-state index in [1.807, 2.05) is 0 Å². The Hall–Kier alpha value is -3.26. The number of rotatable bonds is 5. The van der Waals surface area contributed by atoms with Crippen LogP contribution in [0.1, 0.15) is 31.2 Å². The van der Waals surface area contributed by atoms with Crippen molar-refractivity contribution in [2.75, 3.05) is 14.2 Å². The summed E-state index contributed by atoms with van der Waals surface area (Å²) in [6.45, 7) is 2.64. The number of hydrogen-bond donors (Lipinski definition) is 0. The number of ether oxygens (including phenoxy) is 4. The van der Waals surface area contributed by atoms with E-state index in [0.29, 0.717) is 16.9 Å². The van der Waals surface area contributed by atoms with Crippen molar-refractivity contribution >= 4 is 29.4 Å². The molecule has 0 radical (unpaired) electrons. The molecule has 1 heterocycles. The molecule has 1 aliphatic heterocycles. The average molecular weight is 419 g/mol. The first-order valence-corrected chi connectivity index (χ1v) is 8.97. The highest BCUT2D eigenvalue weighted by Gasteiger charge is 2.34. The van der Waals surface area contributed by atoms with Gasteiger partial charge in [-0.3, -0.25) is 9.59 Å². The van der Waals surface area contributed by atoms with Crippen molar-refractivity contribution in [2.45, 2.75) is 20.1 Å². The Morgan fingerprint density at radius 1 is 1.10 bits per heavy atom. The van der Waals surface area contributed by atoms with Gasteiger partial charge in [-0.25, -0.2) is 0 Å². The van der Waals surface area contributed by atoms with Crippen LogP contribution in [0.25, 0.3) is 0 Å². The van der Waals surface area contributed by atoms with Gasteiger partial charge in [0, 0.05) is 25.0 Å². The maximum absolute atomic E-state index is 12.1. The maximum Gasteiger partial charge on any atom is 0.308 e. The predicted octanol–water partition coefficient (Wildman–Crippen LogP) is 3.52. The Kier molecular flexibility index (Phi) is 5.93. The summed E-state index contributed by atoms with van der Waals surface area (Å²) in [6, 6.07) is 10.2. The van der Waals surface area contributed by atoms with Gasteiger partial charge in [0.15, 0.2) is 11.5 Å². The minimum absolute atomic E-state index is 0.0917. The van der Waals surface area contributed by atoms with Gasteiger partial charge >= 0.3 is 5.97 Å². The van der Waals surface area contributed by atoms with E-state index in [1.54, 1.807) is 37.4 Å². The van der Waals surface area contributed by atoms with E-state index >= 15 is 0 Å². The molecule has 0 spiro atoms. The van der Waals surface area contributed by atoms with E-state index in [-0.39, 0.29) is 28.3 Å². The summed E-state index contributed by atoms with van der Waals surface area (Å²) in [5, 5.41) is 5.64. The van der Waals surface area contributed by atoms with Gasteiger partial charge in [-0.15, -0.1) is 5.10 Å². The molecule has 0 N–H and O–H groups in total. The van der Waals surface area contributed by atoms with Crippen LogP contribution in [-0.4, -0.2) is 37.0 Å². The van der Waals surface area contributed by atoms with Gasteiger partial charge in [0.1, 0.15) is 5.75 Å². The van der Waals surface area contributed by atoms with Gasteiger partial charge < -0.3 is 18.9 Å². The number of hydrazone groups is 1. The number of carbonyl (C=O) groups is 2. The molecule has 1 atom stereocenters. The van der Waals surface area contributed by atoms with Gasteiger partial charge in [-0.2, -0.15) is 5.01 Å². The quantitative estimate of drug-likeness (QED) is 0.545. The molecule has 8 nitrogen and oxygen atoms in total. The van der Waals surface area contributed by atoms with Crippen molar-refractivity contribution in [3.63, 3.8) is 0 Å². The number of carbonyl (C=O) groups excluding carboxylic acids is 2. The summed E-state index contributed by atoms with van der Waals surface area (Å²) < 4.78 is 21.5. The van der Waals surface area contributed by atoms with Crippen LogP contribution < -0.4 is 14.2 Å². The van der Waals surface area contributed by atoms with Crippen molar-refractivity contribution in [2.24, 2.45) is 5.10 Å². The lowest BCUT2D eigenvalue weighted by Gasteiger charge is -2.21. The highest BCUT2D eigenvalue weighted by atomic mass is 35.5. The van der Waals surface area contributed by atoms with Crippen LogP contribution in [0.15, 0.2) is 41.5 Å². The van der Waals surface area contributed by atoms with Gasteiger partial charge in [-0.1, -0.05) is 11.6 Å². The number of esters is 1. The third-order valence-electron chi connectivity index (χ3n) is 4.09. The molecule has 2 aromatic carbocycles. The van der Waals surface area contributed by atoms with E-state index in [9.17, 15) is 9.59 Å². The fraction of sp³-hybridized carbons (Fsp3) is 0.250. The Bertz CT molecular complexity index is 974. The predicted molar refractivity (Wildman–Crippen MR) is 105 cm³/mol. The van der Waals surface area contributed by atoms with Crippen molar-refractivity contribution in [1.29, 1.82) is 0 Å². The van der Waals surface area contributed by atoms with Gasteiger partial charge in [0.25, 0.3) is 0 Å². The zero-order valence-electron chi connectivity index (χ0n) is 16.3. The van der Waals surface area contributed by atoms with Crippen LogP contribution in [0, 0.1) is 0 Å².